The van der Waals surface area contributed by atoms with Gasteiger partial charge in [-0.15, -0.1) is 0 Å². The van der Waals surface area contributed by atoms with Gasteiger partial charge >= 0.3 is 6.09 Å². The van der Waals surface area contributed by atoms with Crippen LogP contribution in [0.5, 0.6) is 0 Å². The summed E-state index contributed by atoms with van der Waals surface area (Å²) in [5, 5.41) is 2.73. The Labute approximate surface area is 126 Å². The lowest BCUT2D eigenvalue weighted by Gasteiger charge is -2.19. The van der Waals surface area contributed by atoms with Gasteiger partial charge in [-0.05, 0) is 27.2 Å². The van der Waals surface area contributed by atoms with E-state index >= 15 is 0 Å². The van der Waals surface area contributed by atoms with Gasteiger partial charge in [0, 0.05) is 19.3 Å². The minimum Gasteiger partial charge on any atom is -0.444 e. The zero-order chi connectivity index (χ0) is 15.7. The monoisotopic (exact) mass is 297 g/mol. The fraction of sp³-hybridized carbons (Fsp3) is 0.733. The number of amides is 1. The SMILES string of the molecule is CCCCOCCn1cncc1CNC(=O)OC(C)(C)C. The Morgan fingerprint density at radius 2 is 2.14 bits per heavy atom. The molecule has 0 fully saturated rings. The van der Waals surface area contributed by atoms with Crippen molar-refractivity contribution in [2.45, 2.75) is 59.2 Å². The van der Waals surface area contributed by atoms with Gasteiger partial charge in [-0.25, -0.2) is 9.78 Å². The van der Waals surface area contributed by atoms with Crippen molar-refractivity contribution in [3.63, 3.8) is 0 Å². The molecule has 1 rings (SSSR count). The van der Waals surface area contributed by atoms with Crippen LogP contribution in [0, 0.1) is 0 Å². The number of hydrogen-bond donors (Lipinski definition) is 1. The standard InChI is InChI=1S/C15H27N3O3/c1-5-6-8-20-9-7-18-12-16-10-13(18)11-17-14(19)21-15(2,3)4/h10,12H,5-9,11H2,1-4H3,(H,17,19). The lowest BCUT2D eigenvalue weighted by atomic mass is 10.2. The first kappa shape index (κ1) is 17.5. The molecule has 0 saturated carbocycles. The predicted molar refractivity (Wildman–Crippen MR) is 81.0 cm³/mol. The van der Waals surface area contributed by atoms with E-state index in [0.717, 1.165) is 31.7 Å². The van der Waals surface area contributed by atoms with E-state index < -0.39 is 11.7 Å². The Bertz CT molecular complexity index is 424. The molecule has 1 N–H and O–H groups in total. The number of ether oxygens (including phenoxy) is 2. The van der Waals surface area contributed by atoms with Gasteiger partial charge in [0.05, 0.1) is 25.2 Å². The van der Waals surface area contributed by atoms with E-state index in [0.29, 0.717) is 13.2 Å². The molecule has 0 radical (unpaired) electrons. The molecule has 21 heavy (non-hydrogen) atoms. The molecular weight excluding hydrogens is 270 g/mol. The Morgan fingerprint density at radius 3 is 2.81 bits per heavy atom. The van der Waals surface area contributed by atoms with Crippen molar-refractivity contribution in [2.24, 2.45) is 0 Å². The maximum absolute atomic E-state index is 11.6. The summed E-state index contributed by atoms with van der Waals surface area (Å²) >= 11 is 0. The van der Waals surface area contributed by atoms with E-state index in [9.17, 15) is 4.79 Å². The fourth-order valence-corrected chi connectivity index (χ4v) is 1.68. The molecule has 6 heteroatoms. The van der Waals surface area contributed by atoms with Gasteiger partial charge in [0.2, 0.25) is 0 Å². The highest BCUT2D eigenvalue weighted by Gasteiger charge is 2.16. The van der Waals surface area contributed by atoms with Crippen LogP contribution in [-0.4, -0.2) is 34.5 Å². The van der Waals surface area contributed by atoms with Gasteiger partial charge in [0.1, 0.15) is 5.60 Å². The van der Waals surface area contributed by atoms with Crippen molar-refractivity contribution >= 4 is 6.09 Å². The van der Waals surface area contributed by atoms with E-state index in [4.69, 9.17) is 9.47 Å². The average molecular weight is 297 g/mol. The first-order valence-corrected chi connectivity index (χ1v) is 7.46. The molecule has 0 saturated heterocycles. The molecule has 1 heterocycles. The smallest absolute Gasteiger partial charge is 0.407 e. The molecule has 0 atom stereocenters. The number of aromatic nitrogens is 2. The summed E-state index contributed by atoms with van der Waals surface area (Å²) in [6, 6.07) is 0. The Morgan fingerprint density at radius 1 is 1.38 bits per heavy atom. The lowest BCUT2D eigenvalue weighted by molar-refractivity contribution is 0.0522. The fourth-order valence-electron chi connectivity index (χ4n) is 1.68. The van der Waals surface area contributed by atoms with Crippen LogP contribution >= 0.6 is 0 Å². The number of nitrogens with zero attached hydrogens (tertiary/aromatic N) is 2. The van der Waals surface area contributed by atoms with E-state index in [2.05, 4.69) is 17.2 Å². The second kappa shape index (κ2) is 8.67. The first-order valence-electron chi connectivity index (χ1n) is 7.46. The third-order valence-corrected chi connectivity index (χ3v) is 2.73. The van der Waals surface area contributed by atoms with Crippen LogP contribution in [0.3, 0.4) is 0 Å². The lowest BCUT2D eigenvalue weighted by Crippen LogP contribution is -2.32. The van der Waals surface area contributed by atoms with Gasteiger partial charge in [-0.3, -0.25) is 0 Å². The van der Waals surface area contributed by atoms with Crippen molar-refractivity contribution in [2.75, 3.05) is 13.2 Å². The zero-order valence-corrected chi connectivity index (χ0v) is 13.5. The minimum atomic E-state index is -0.489. The predicted octanol–water partition coefficient (Wildman–Crippen LogP) is 2.72. The minimum absolute atomic E-state index is 0.393. The third-order valence-electron chi connectivity index (χ3n) is 2.73. The Balaban J connectivity index is 2.33. The summed E-state index contributed by atoms with van der Waals surface area (Å²) in [6.07, 6.45) is 5.28. The maximum Gasteiger partial charge on any atom is 0.407 e. The number of hydrogen-bond acceptors (Lipinski definition) is 4. The zero-order valence-electron chi connectivity index (χ0n) is 13.5. The summed E-state index contributed by atoms with van der Waals surface area (Å²) in [7, 11) is 0. The molecule has 0 aromatic carbocycles. The molecule has 0 spiro atoms. The van der Waals surface area contributed by atoms with Gasteiger partial charge in [-0.2, -0.15) is 0 Å². The van der Waals surface area contributed by atoms with Crippen LogP contribution in [0.2, 0.25) is 0 Å². The first-order chi connectivity index (χ1) is 9.92. The molecule has 0 unspecified atom stereocenters. The molecule has 0 bridgehead atoms. The molecule has 0 aliphatic heterocycles. The van der Waals surface area contributed by atoms with Crippen molar-refractivity contribution in [1.29, 1.82) is 0 Å². The number of rotatable bonds is 8. The van der Waals surface area contributed by atoms with Crippen LogP contribution < -0.4 is 5.32 Å². The average Bonchev–Trinajstić information content (AvgIpc) is 2.81. The Kier molecular flexibility index (Phi) is 7.22. The highest BCUT2D eigenvalue weighted by Crippen LogP contribution is 2.07. The molecule has 1 aromatic heterocycles. The number of carbonyl (C=O) groups excluding carboxylic acids is 1. The number of alkyl carbamates (subject to hydrolysis) is 1. The van der Waals surface area contributed by atoms with Gasteiger partial charge in [-0.1, -0.05) is 13.3 Å². The van der Waals surface area contributed by atoms with Gasteiger partial charge in [0.25, 0.3) is 0 Å². The molecule has 1 amide bonds. The highest BCUT2D eigenvalue weighted by atomic mass is 16.6. The summed E-state index contributed by atoms with van der Waals surface area (Å²) < 4.78 is 12.7. The topological polar surface area (TPSA) is 65.4 Å². The summed E-state index contributed by atoms with van der Waals surface area (Å²) in [5.41, 5.74) is 0.442. The number of unbranched alkanes of at least 4 members (excludes halogenated alkanes) is 1. The summed E-state index contributed by atoms with van der Waals surface area (Å²) in [5.74, 6) is 0. The van der Waals surface area contributed by atoms with Gasteiger partial charge < -0.3 is 19.4 Å². The quantitative estimate of drug-likeness (QED) is 0.749. The number of imidazole rings is 1. The summed E-state index contributed by atoms with van der Waals surface area (Å²) in [6.45, 7) is 10.2. The molecule has 6 nitrogen and oxygen atoms in total. The molecule has 1 aromatic rings. The third kappa shape index (κ3) is 7.70. The van der Waals surface area contributed by atoms with Crippen LogP contribution in [-0.2, 0) is 22.6 Å². The van der Waals surface area contributed by atoms with Crippen molar-refractivity contribution in [1.82, 2.24) is 14.9 Å². The van der Waals surface area contributed by atoms with E-state index in [1.165, 1.54) is 0 Å². The molecule has 0 aliphatic carbocycles. The normalized spacial score (nSPS) is 11.4. The van der Waals surface area contributed by atoms with Gasteiger partial charge in [0.15, 0.2) is 0 Å². The van der Waals surface area contributed by atoms with Crippen LogP contribution in [0.15, 0.2) is 12.5 Å². The Hall–Kier alpha value is -1.56. The molecule has 0 aliphatic rings. The highest BCUT2D eigenvalue weighted by molar-refractivity contribution is 5.67. The molecular formula is C15H27N3O3. The number of carbonyl (C=O) groups is 1. The van der Waals surface area contributed by atoms with Crippen molar-refractivity contribution < 1.29 is 14.3 Å². The second-order valence-corrected chi connectivity index (χ2v) is 5.90. The van der Waals surface area contributed by atoms with E-state index in [1.807, 2.05) is 25.3 Å². The maximum atomic E-state index is 11.6. The van der Waals surface area contributed by atoms with Crippen LogP contribution in [0.4, 0.5) is 4.79 Å². The second-order valence-electron chi connectivity index (χ2n) is 5.90. The van der Waals surface area contributed by atoms with E-state index in [1.54, 1.807) is 12.5 Å². The van der Waals surface area contributed by atoms with Crippen molar-refractivity contribution in [3.8, 4) is 0 Å². The van der Waals surface area contributed by atoms with Crippen molar-refractivity contribution in [3.05, 3.63) is 18.2 Å². The van der Waals surface area contributed by atoms with Crippen LogP contribution in [0.25, 0.3) is 0 Å². The number of nitrogens with one attached hydrogen (secondary N) is 1. The largest absolute Gasteiger partial charge is 0.444 e. The van der Waals surface area contributed by atoms with Crippen LogP contribution in [0.1, 0.15) is 46.2 Å². The molecule has 120 valence electrons. The van der Waals surface area contributed by atoms with E-state index in [-0.39, 0.29) is 0 Å². The summed E-state index contributed by atoms with van der Waals surface area (Å²) in [4.78, 5) is 15.7.